The van der Waals surface area contributed by atoms with E-state index in [0.29, 0.717) is 6.54 Å². The minimum absolute atomic E-state index is 0.0174. The van der Waals surface area contributed by atoms with Gasteiger partial charge in [0.05, 0.1) is 17.5 Å². The lowest BCUT2D eigenvalue weighted by atomic mass is 9.71. The van der Waals surface area contributed by atoms with Crippen LogP contribution in [0.1, 0.15) is 46.5 Å². The van der Waals surface area contributed by atoms with E-state index in [9.17, 15) is 13.2 Å². The molecule has 2 atom stereocenters. The molecule has 3 aliphatic rings. The van der Waals surface area contributed by atoms with Crippen LogP contribution < -0.4 is 0 Å². The maximum atomic E-state index is 12.4. The highest BCUT2D eigenvalue weighted by atomic mass is 32.2. The normalized spacial score (nSPS) is 30.4. The summed E-state index contributed by atoms with van der Waals surface area (Å²) in [5.74, 6) is 0.142. The van der Waals surface area contributed by atoms with Crippen LogP contribution in [0, 0.1) is 5.41 Å². The van der Waals surface area contributed by atoms with Crippen LogP contribution in [0.5, 0.6) is 0 Å². The monoisotopic (exact) mass is 398 g/mol. The largest absolute Gasteiger partial charge is 0.375 e. The summed E-state index contributed by atoms with van der Waals surface area (Å²) in [7, 11) is -1.61. The standard InChI is InChI=1S/C20H34N2O4S/c1-15-6-5-8-20(2,3)16(15)7-9-21-10-11-22(19(23)12-26-4)18-14-27(24,25)13-17(18)21/h17-18H,5-14H2,1-4H3/t17-,18+/m0/s1. The maximum Gasteiger partial charge on any atom is 0.248 e. The molecule has 0 aromatic heterocycles. The Hall–Kier alpha value is -0.920. The molecule has 1 amide bonds. The van der Waals surface area contributed by atoms with E-state index in [1.165, 1.54) is 31.9 Å². The third kappa shape index (κ3) is 4.40. The number of ether oxygens (including phenoxy) is 1. The molecule has 2 heterocycles. The number of carbonyl (C=O) groups is 1. The molecule has 154 valence electrons. The van der Waals surface area contributed by atoms with Crippen molar-refractivity contribution in [3.05, 3.63) is 11.1 Å². The number of rotatable bonds is 5. The van der Waals surface area contributed by atoms with Crippen molar-refractivity contribution < 1.29 is 17.9 Å². The molecule has 2 saturated heterocycles. The second kappa shape index (κ2) is 7.84. The number of nitrogens with zero attached hydrogens (tertiary/aromatic N) is 2. The Balaban J connectivity index is 1.73. The Morgan fingerprint density at radius 3 is 2.59 bits per heavy atom. The lowest BCUT2D eigenvalue weighted by Crippen LogP contribution is -2.61. The number of methoxy groups -OCH3 is 1. The van der Waals surface area contributed by atoms with Gasteiger partial charge in [0.2, 0.25) is 5.91 Å². The lowest BCUT2D eigenvalue weighted by molar-refractivity contribution is -0.140. The van der Waals surface area contributed by atoms with E-state index in [-0.39, 0.29) is 41.5 Å². The predicted molar refractivity (Wildman–Crippen MR) is 106 cm³/mol. The van der Waals surface area contributed by atoms with Gasteiger partial charge in [0, 0.05) is 32.8 Å². The molecule has 0 N–H and O–H groups in total. The van der Waals surface area contributed by atoms with Gasteiger partial charge in [-0.25, -0.2) is 8.42 Å². The molecule has 0 aromatic carbocycles. The molecule has 2 aliphatic heterocycles. The van der Waals surface area contributed by atoms with Gasteiger partial charge in [-0.2, -0.15) is 0 Å². The zero-order valence-corrected chi connectivity index (χ0v) is 18.0. The van der Waals surface area contributed by atoms with E-state index in [4.69, 9.17) is 4.74 Å². The van der Waals surface area contributed by atoms with Crippen LogP contribution >= 0.6 is 0 Å². The summed E-state index contributed by atoms with van der Waals surface area (Å²) in [6.07, 6.45) is 4.65. The van der Waals surface area contributed by atoms with Gasteiger partial charge in [-0.3, -0.25) is 9.69 Å². The molecule has 2 fully saturated rings. The first-order valence-corrected chi connectivity index (χ1v) is 11.9. The fourth-order valence-corrected chi connectivity index (χ4v) is 7.31. The van der Waals surface area contributed by atoms with Crippen molar-refractivity contribution >= 4 is 15.7 Å². The van der Waals surface area contributed by atoms with Gasteiger partial charge >= 0.3 is 0 Å². The first-order chi connectivity index (χ1) is 12.6. The quantitative estimate of drug-likeness (QED) is 0.662. The van der Waals surface area contributed by atoms with Crippen molar-refractivity contribution in [2.45, 2.75) is 58.5 Å². The number of amides is 1. The number of carbonyl (C=O) groups excluding carboxylic acids is 1. The molecular weight excluding hydrogens is 364 g/mol. The molecule has 0 aromatic rings. The van der Waals surface area contributed by atoms with E-state index < -0.39 is 9.84 Å². The molecule has 7 heteroatoms. The molecule has 6 nitrogen and oxygen atoms in total. The number of piperazine rings is 1. The number of sulfone groups is 1. The summed E-state index contributed by atoms with van der Waals surface area (Å²) in [6, 6.07) is -0.321. The van der Waals surface area contributed by atoms with Crippen molar-refractivity contribution in [2.24, 2.45) is 5.41 Å². The van der Waals surface area contributed by atoms with Crippen molar-refractivity contribution in [1.29, 1.82) is 0 Å². The van der Waals surface area contributed by atoms with E-state index in [1.807, 2.05) is 0 Å². The predicted octanol–water partition coefficient (Wildman–Crippen LogP) is 1.86. The third-order valence-corrected chi connectivity index (χ3v) is 8.41. The van der Waals surface area contributed by atoms with E-state index in [0.717, 1.165) is 19.5 Å². The summed E-state index contributed by atoms with van der Waals surface area (Å²) in [5.41, 5.74) is 3.29. The Labute approximate surface area is 163 Å². The summed E-state index contributed by atoms with van der Waals surface area (Å²) >= 11 is 0. The third-order valence-electron chi connectivity index (χ3n) is 6.71. The molecule has 27 heavy (non-hydrogen) atoms. The minimum atomic E-state index is -3.11. The van der Waals surface area contributed by atoms with Gasteiger partial charge in [-0.05, 0) is 38.0 Å². The van der Waals surface area contributed by atoms with Crippen molar-refractivity contribution in [3.8, 4) is 0 Å². The molecule has 0 unspecified atom stereocenters. The van der Waals surface area contributed by atoms with Gasteiger partial charge in [-0.1, -0.05) is 25.0 Å². The van der Waals surface area contributed by atoms with Crippen LogP contribution in [0.3, 0.4) is 0 Å². The average molecular weight is 399 g/mol. The molecule has 1 aliphatic carbocycles. The molecular formula is C20H34N2O4S. The van der Waals surface area contributed by atoms with Crippen molar-refractivity contribution in [2.75, 3.05) is 44.9 Å². The average Bonchev–Trinajstić information content (AvgIpc) is 2.89. The second-order valence-corrected chi connectivity index (χ2v) is 11.2. The molecule has 0 spiro atoms. The Morgan fingerprint density at radius 2 is 1.93 bits per heavy atom. The Bertz CT molecular complexity index is 713. The van der Waals surface area contributed by atoms with Crippen LogP contribution in [-0.4, -0.2) is 81.1 Å². The highest BCUT2D eigenvalue weighted by Gasteiger charge is 2.47. The molecule has 0 saturated carbocycles. The minimum Gasteiger partial charge on any atom is -0.375 e. The van der Waals surface area contributed by atoms with Gasteiger partial charge < -0.3 is 9.64 Å². The fraction of sp³-hybridized carbons (Fsp3) is 0.850. The number of allylic oxidation sites excluding steroid dienone is 1. The van der Waals surface area contributed by atoms with E-state index >= 15 is 0 Å². The summed E-state index contributed by atoms with van der Waals surface area (Å²) in [5, 5.41) is 0. The van der Waals surface area contributed by atoms with Crippen LogP contribution in [0.15, 0.2) is 11.1 Å². The van der Waals surface area contributed by atoms with Crippen molar-refractivity contribution in [3.63, 3.8) is 0 Å². The van der Waals surface area contributed by atoms with Gasteiger partial charge in [0.1, 0.15) is 6.61 Å². The molecule has 0 radical (unpaired) electrons. The topological polar surface area (TPSA) is 66.9 Å². The zero-order chi connectivity index (χ0) is 19.8. The molecule has 3 rings (SSSR count). The van der Waals surface area contributed by atoms with Crippen LogP contribution in [-0.2, 0) is 19.4 Å². The maximum absolute atomic E-state index is 12.4. The summed E-state index contributed by atoms with van der Waals surface area (Å²) in [4.78, 5) is 16.4. The number of hydrogen-bond donors (Lipinski definition) is 0. The van der Waals surface area contributed by atoms with Gasteiger partial charge in [0.15, 0.2) is 9.84 Å². The Morgan fingerprint density at radius 1 is 1.22 bits per heavy atom. The van der Waals surface area contributed by atoms with Crippen molar-refractivity contribution in [1.82, 2.24) is 9.80 Å². The lowest BCUT2D eigenvalue weighted by Gasteiger charge is -2.44. The van der Waals surface area contributed by atoms with Gasteiger partial charge in [0.25, 0.3) is 0 Å². The van der Waals surface area contributed by atoms with Crippen LogP contribution in [0.2, 0.25) is 0 Å². The smallest absolute Gasteiger partial charge is 0.248 e. The second-order valence-electron chi connectivity index (χ2n) is 9.01. The SMILES string of the molecule is COCC(=O)N1CCN(CCC2=C(C)CCCC2(C)C)[C@H]2CS(=O)(=O)C[C@H]21. The number of hydrogen-bond acceptors (Lipinski definition) is 5. The fourth-order valence-electron chi connectivity index (χ4n) is 5.30. The summed E-state index contributed by atoms with van der Waals surface area (Å²) in [6.45, 7) is 9.12. The zero-order valence-electron chi connectivity index (χ0n) is 17.2. The first kappa shape index (κ1) is 20.8. The Kier molecular flexibility index (Phi) is 6.04. The van der Waals surface area contributed by atoms with Crippen LogP contribution in [0.25, 0.3) is 0 Å². The van der Waals surface area contributed by atoms with E-state index in [2.05, 4.69) is 25.7 Å². The summed E-state index contributed by atoms with van der Waals surface area (Å²) < 4.78 is 29.6. The molecule has 0 bridgehead atoms. The van der Waals surface area contributed by atoms with Gasteiger partial charge in [-0.15, -0.1) is 0 Å². The van der Waals surface area contributed by atoms with Crippen LogP contribution in [0.4, 0.5) is 0 Å². The highest BCUT2D eigenvalue weighted by Crippen LogP contribution is 2.42. The number of fused-ring (bicyclic) bond motifs is 1. The van der Waals surface area contributed by atoms with E-state index in [1.54, 1.807) is 10.5 Å². The highest BCUT2D eigenvalue weighted by molar-refractivity contribution is 7.91. The first-order valence-electron chi connectivity index (χ1n) is 10.1.